The summed E-state index contributed by atoms with van der Waals surface area (Å²) < 4.78 is 18.8. The first kappa shape index (κ1) is 15.2. The topological polar surface area (TPSA) is 102 Å². The van der Waals surface area contributed by atoms with Crippen LogP contribution in [-0.4, -0.2) is 35.8 Å². The van der Waals surface area contributed by atoms with Crippen molar-refractivity contribution in [2.45, 2.75) is 12.8 Å². The number of hydrogen-bond acceptors (Lipinski definition) is 5. The van der Waals surface area contributed by atoms with Gasteiger partial charge >= 0.3 is 5.97 Å². The minimum Gasteiger partial charge on any atom is -0.478 e. The molecule has 2 rings (SSSR count). The quantitative estimate of drug-likeness (QED) is 0.617. The molecule has 114 valence electrons. The number of anilines is 1. The van der Waals surface area contributed by atoms with Crippen molar-refractivity contribution in [2.24, 2.45) is 5.92 Å². The second-order valence-corrected chi connectivity index (χ2v) is 4.86. The first-order chi connectivity index (χ1) is 9.99. The van der Waals surface area contributed by atoms with E-state index in [1.54, 1.807) is 0 Å². The van der Waals surface area contributed by atoms with Crippen LogP contribution < -0.4 is 5.32 Å². The lowest BCUT2D eigenvalue weighted by Crippen LogP contribution is -2.11. The SMILES string of the molecule is O=C(O)c1cc([N+](=O)[O-])c(NCCC2CCOC2)cc1F. The fraction of sp³-hybridized carbons (Fsp3) is 0.462. The summed E-state index contributed by atoms with van der Waals surface area (Å²) >= 11 is 0. The fourth-order valence-corrected chi connectivity index (χ4v) is 2.24. The molecule has 2 N–H and O–H groups in total. The summed E-state index contributed by atoms with van der Waals surface area (Å²) in [5.74, 6) is -2.15. The lowest BCUT2D eigenvalue weighted by Gasteiger charge is -2.11. The van der Waals surface area contributed by atoms with Gasteiger partial charge in [0.1, 0.15) is 17.1 Å². The maximum Gasteiger partial charge on any atom is 0.338 e. The van der Waals surface area contributed by atoms with E-state index < -0.39 is 28.0 Å². The number of nitrogens with one attached hydrogen (secondary N) is 1. The molecule has 1 aromatic carbocycles. The highest BCUT2D eigenvalue weighted by Crippen LogP contribution is 2.28. The molecule has 1 unspecified atom stereocenters. The van der Waals surface area contributed by atoms with Crippen LogP contribution in [0.1, 0.15) is 23.2 Å². The molecule has 7 nitrogen and oxygen atoms in total. The van der Waals surface area contributed by atoms with Crippen LogP contribution in [0.5, 0.6) is 0 Å². The van der Waals surface area contributed by atoms with Crippen LogP contribution >= 0.6 is 0 Å². The maximum atomic E-state index is 13.6. The smallest absolute Gasteiger partial charge is 0.338 e. The van der Waals surface area contributed by atoms with Gasteiger partial charge in [0.25, 0.3) is 5.69 Å². The summed E-state index contributed by atoms with van der Waals surface area (Å²) in [6, 6.07) is 1.59. The van der Waals surface area contributed by atoms with Gasteiger partial charge in [-0.25, -0.2) is 9.18 Å². The van der Waals surface area contributed by atoms with E-state index in [4.69, 9.17) is 9.84 Å². The van der Waals surface area contributed by atoms with Crippen LogP contribution in [0.4, 0.5) is 15.8 Å². The molecule has 1 heterocycles. The second kappa shape index (κ2) is 6.49. The Kier molecular flexibility index (Phi) is 4.69. The Balaban J connectivity index is 2.11. The van der Waals surface area contributed by atoms with Crippen molar-refractivity contribution in [2.75, 3.05) is 25.1 Å². The summed E-state index contributed by atoms with van der Waals surface area (Å²) in [5.41, 5.74) is -1.17. The molecule has 0 aliphatic carbocycles. The molecule has 21 heavy (non-hydrogen) atoms. The summed E-state index contributed by atoms with van der Waals surface area (Å²) in [7, 11) is 0. The Labute approximate surface area is 119 Å². The lowest BCUT2D eigenvalue weighted by molar-refractivity contribution is -0.384. The van der Waals surface area contributed by atoms with E-state index in [1.165, 1.54) is 0 Å². The molecule has 1 aliphatic rings. The van der Waals surface area contributed by atoms with Crippen molar-refractivity contribution >= 4 is 17.3 Å². The zero-order valence-electron chi connectivity index (χ0n) is 11.2. The second-order valence-electron chi connectivity index (χ2n) is 4.86. The number of hydrogen-bond donors (Lipinski definition) is 2. The number of carboxylic acids is 1. The van der Waals surface area contributed by atoms with Gasteiger partial charge in [-0.3, -0.25) is 10.1 Å². The van der Waals surface area contributed by atoms with E-state index in [2.05, 4.69) is 5.32 Å². The van der Waals surface area contributed by atoms with Gasteiger partial charge in [0.2, 0.25) is 0 Å². The number of carboxylic acid groups (broad SMARTS) is 1. The van der Waals surface area contributed by atoms with Crippen LogP contribution in [0.25, 0.3) is 0 Å². The number of nitro benzene ring substituents is 1. The van der Waals surface area contributed by atoms with E-state index in [1.807, 2.05) is 0 Å². The summed E-state index contributed by atoms with van der Waals surface area (Å²) in [5, 5.41) is 22.5. The van der Waals surface area contributed by atoms with Crippen LogP contribution in [0.3, 0.4) is 0 Å². The number of carbonyl (C=O) groups is 1. The zero-order valence-corrected chi connectivity index (χ0v) is 11.2. The highest BCUT2D eigenvalue weighted by Gasteiger charge is 2.22. The van der Waals surface area contributed by atoms with E-state index in [0.717, 1.165) is 25.0 Å². The van der Waals surface area contributed by atoms with Crippen molar-refractivity contribution in [3.8, 4) is 0 Å². The van der Waals surface area contributed by atoms with Gasteiger partial charge in [-0.1, -0.05) is 0 Å². The average molecular weight is 298 g/mol. The normalized spacial score (nSPS) is 17.7. The maximum absolute atomic E-state index is 13.6. The molecule has 0 spiro atoms. The van der Waals surface area contributed by atoms with Gasteiger partial charge in [0, 0.05) is 31.9 Å². The molecular formula is C13H15FN2O5. The molecular weight excluding hydrogens is 283 g/mol. The van der Waals surface area contributed by atoms with Crippen LogP contribution in [-0.2, 0) is 4.74 Å². The molecule has 1 aliphatic heterocycles. The number of nitrogens with zero attached hydrogens (tertiary/aromatic N) is 1. The number of aromatic carboxylic acids is 1. The number of halogens is 1. The van der Waals surface area contributed by atoms with Crippen LogP contribution in [0, 0.1) is 21.8 Å². The van der Waals surface area contributed by atoms with E-state index >= 15 is 0 Å². The molecule has 0 amide bonds. The van der Waals surface area contributed by atoms with Gasteiger partial charge in [0.05, 0.1) is 4.92 Å². The third-order valence-corrected chi connectivity index (χ3v) is 3.40. The number of nitro groups is 1. The standard InChI is InChI=1S/C13H15FN2O5/c14-10-6-11(15-3-1-8-2-4-21-7-8)12(16(19)20)5-9(10)13(17)18/h5-6,8,15H,1-4,7H2,(H,17,18). The Morgan fingerprint density at radius 1 is 1.57 bits per heavy atom. The van der Waals surface area contributed by atoms with Crippen molar-refractivity contribution in [3.05, 3.63) is 33.6 Å². The monoisotopic (exact) mass is 298 g/mol. The van der Waals surface area contributed by atoms with Crippen molar-refractivity contribution < 1.29 is 24.0 Å². The molecule has 1 atom stereocenters. The molecule has 1 aromatic rings. The summed E-state index contributed by atoms with van der Waals surface area (Å²) in [4.78, 5) is 21.0. The molecule has 0 bridgehead atoms. The van der Waals surface area contributed by atoms with E-state index in [0.29, 0.717) is 25.7 Å². The van der Waals surface area contributed by atoms with Crippen molar-refractivity contribution in [1.29, 1.82) is 0 Å². The van der Waals surface area contributed by atoms with Gasteiger partial charge in [-0.15, -0.1) is 0 Å². The van der Waals surface area contributed by atoms with E-state index in [9.17, 15) is 19.3 Å². The Bertz CT molecular complexity index is 558. The number of benzene rings is 1. The number of rotatable bonds is 6. The fourth-order valence-electron chi connectivity index (χ4n) is 2.24. The first-order valence-corrected chi connectivity index (χ1v) is 6.52. The number of ether oxygens (including phenoxy) is 1. The van der Waals surface area contributed by atoms with Gasteiger partial charge in [0.15, 0.2) is 0 Å². The van der Waals surface area contributed by atoms with Gasteiger partial charge in [-0.05, 0) is 18.8 Å². The Morgan fingerprint density at radius 3 is 2.90 bits per heavy atom. The Hall–Kier alpha value is -2.22. The Morgan fingerprint density at radius 2 is 2.33 bits per heavy atom. The van der Waals surface area contributed by atoms with Crippen LogP contribution in [0.15, 0.2) is 12.1 Å². The molecule has 8 heteroatoms. The minimum atomic E-state index is -1.54. The molecule has 1 fully saturated rings. The highest BCUT2D eigenvalue weighted by molar-refractivity contribution is 5.90. The summed E-state index contributed by atoms with van der Waals surface area (Å²) in [6.07, 6.45) is 1.69. The summed E-state index contributed by atoms with van der Waals surface area (Å²) in [6.45, 7) is 1.81. The largest absolute Gasteiger partial charge is 0.478 e. The zero-order chi connectivity index (χ0) is 15.4. The molecule has 0 radical (unpaired) electrons. The first-order valence-electron chi connectivity index (χ1n) is 6.52. The van der Waals surface area contributed by atoms with Crippen molar-refractivity contribution in [1.82, 2.24) is 0 Å². The highest BCUT2D eigenvalue weighted by atomic mass is 19.1. The third kappa shape index (κ3) is 3.66. The van der Waals surface area contributed by atoms with Crippen molar-refractivity contribution in [3.63, 3.8) is 0 Å². The van der Waals surface area contributed by atoms with Gasteiger partial charge in [-0.2, -0.15) is 0 Å². The minimum absolute atomic E-state index is 0.0126. The van der Waals surface area contributed by atoms with E-state index in [-0.39, 0.29) is 5.69 Å². The molecule has 0 saturated carbocycles. The third-order valence-electron chi connectivity index (χ3n) is 3.40. The average Bonchev–Trinajstić information content (AvgIpc) is 2.91. The lowest BCUT2D eigenvalue weighted by atomic mass is 10.1. The predicted molar refractivity (Wildman–Crippen MR) is 72.0 cm³/mol. The van der Waals surface area contributed by atoms with Crippen LogP contribution in [0.2, 0.25) is 0 Å². The predicted octanol–water partition coefficient (Wildman–Crippen LogP) is 2.27. The molecule has 1 saturated heterocycles. The molecule has 0 aromatic heterocycles. The van der Waals surface area contributed by atoms with Gasteiger partial charge < -0.3 is 15.2 Å².